The van der Waals surface area contributed by atoms with Crippen molar-refractivity contribution in [2.24, 2.45) is 0 Å². The molecule has 0 aliphatic rings. The van der Waals surface area contributed by atoms with Crippen molar-refractivity contribution in [1.82, 2.24) is 0 Å². The second kappa shape index (κ2) is 11.9. The zero-order chi connectivity index (χ0) is 23.9. The van der Waals surface area contributed by atoms with Crippen molar-refractivity contribution < 1.29 is 8.42 Å². The van der Waals surface area contributed by atoms with Crippen molar-refractivity contribution in [3.05, 3.63) is 58.8 Å². The van der Waals surface area contributed by atoms with Crippen molar-refractivity contribution in [2.45, 2.75) is 88.1 Å². The van der Waals surface area contributed by atoms with Crippen LogP contribution in [0.15, 0.2) is 68.6 Å². The topological polar surface area (TPSA) is 34.1 Å². The van der Waals surface area contributed by atoms with Crippen LogP contribution in [0.3, 0.4) is 0 Å². The molecule has 0 radical (unpaired) electrons. The first-order valence-corrected chi connectivity index (χ1v) is 21.0. The van der Waals surface area contributed by atoms with Gasteiger partial charge in [-0.05, 0) is 37.1 Å². The molecule has 32 heavy (non-hydrogen) atoms. The molecule has 0 N–H and O–H groups in total. The molecule has 0 saturated heterocycles. The van der Waals surface area contributed by atoms with E-state index in [2.05, 4.69) is 70.5 Å². The van der Waals surface area contributed by atoms with Gasteiger partial charge >= 0.3 is 0 Å². The lowest BCUT2D eigenvalue weighted by Crippen LogP contribution is -2.37. The lowest BCUT2D eigenvalue weighted by atomic mass is 10.1. The molecule has 0 heterocycles. The van der Waals surface area contributed by atoms with Gasteiger partial charge in [-0.3, -0.25) is 0 Å². The van der Waals surface area contributed by atoms with E-state index in [9.17, 15) is 8.42 Å². The van der Waals surface area contributed by atoms with Gasteiger partial charge in [0.2, 0.25) is 0 Å². The lowest BCUT2D eigenvalue weighted by molar-refractivity contribution is 0.662. The van der Waals surface area contributed by atoms with Gasteiger partial charge < -0.3 is 0 Å². The van der Waals surface area contributed by atoms with Crippen LogP contribution in [0.2, 0.25) is 39.3 Å². The summed E-state index contributed by atoms with van der Waals surface area (Å²) < 4.78 is 26.6. The highest BCUT2D eigenvalue weighted by molar-refractivity contribution is 7.92. The Morgan fingerprint density at radius 2 is 1.19 bits per heavy atom. The number of hydrogen-bond acceptors (Lipinski definition) is 2. The summed E-state index contributed by atoms with van der Waals surface area (Å²) in [6.07, 6.45) is 5.14. The first kappa shape index (κ1) is 27.2. The monoisotopic (exact) mass is 504 g/mol. The van der Waals surface area contributed by atoms with Gasteiger partial charge in [-0.25, -0.2) is 8.42 Å². The quantitative estimate of drug-likeness (QED) is 0.258. The second-order valence-corrected chi connectivity index (χ2v) is 23.5. The van der Waals surface area contributed by atoms with Crippen LogP contribution in [0.1, 0.15) is 39.0 Å². The van der Waals surface area contributed by atoms with Crippen molar-refractivity contribution in [3.63, 3.8) is 0 Å². The SMILES string of the molecule is CCCCCC/C(=C/[S@](=O)c1ccc([Si](C)(C)C)cc1)[S@@](=O)c1ccc([Si](C)(C)C)cc1. The predicted molar refractivity (Wildman–Crippen MR) is 149 cm³/mol. The highest BCUT2D eigenvalue weighted by Gasteiger charge is 2.19. The number of allylic oxidation sites excluding steroid dienone is 1. The molecule has 0 aromatic heterocycles. The third-order valence-corrected chi connectivity index (χ3v) is 12.7. The van der Waals surface area contributed by atoms with Crippen LogP contribution in [0, 0.1) is 0 Å². The van der Waals surface area contributed by atoms with E-state index in [4.69, 9.17) is 0 Å². The Kier molecular flexibility index (Phi) is 10.1. The molecule has 0 amide bonds. The molecule has 0 unspecified atom stereocenters. The number of benzene rings is 2. The van der Waals surface area contributed by atoms with Gasteiger partial charge in [0.25, 0.3) is 0 Å². The standard InChI is InChI=1S/C26H40O2S2Si2/c1-8-9-10-11-12-24(30(28)23-15-19-26(20-16-23)32(5,6)7)21-29(27)22-13-17-25(18-14-22)31(2,3)4/h13-21H,8-12H2,1-7H3/b24-21-/t29-,30-/m0/s1. The minimum Gasteiger partial charge on any atom is -0.250 e. The molecule has 2 aromatic rings. The molecule has 0 spiro atoms. The molecule has 2 aromatic carbocycles. The largest absolute Gasteiger partial charge is 0.250 e. The van der Waals surface area contributed by atoms with Gasteiger partial charge in [0.05, 0.1) is 37.7 Å². The van der Waals surface area contributed by atoms with Crippen LogP contribution in [-0.2, 0) is 21.6 Å². The third-order valence-electron chi connectivity index (χ3n) is 5.64. The molecule has 0 fully saturated rings. The fourth-order valence-corrected chi connectivity index (χ4v) is 8.29. The van der Waals surface area contributed by atoms with E-state index >= 15 is 0 Å². The summed E-state index contributed by atoms with van der Waals surface area (Å²) in [5.74, 6) is 0. The van der Waals surface area contributed by atoms with Gasteiger partial charge in [-0.2, -0.15) is 0 Å². The fraction of sp³-hybridized carbons (Fsp3) is 0.462. The Bertz CT molecular complexity index is 951. The first-order valence-electron chi connectivity index (χ1n) is 11.7. The van der Waals surface area contributed by atoms with E-state index in [1.54, 1.807) is 5.41 Å². The maximum atomic E-state index is 13.4. The van der Waals surface area contributed by atoms with Crippen LogP contribution in [0.5, 0.6) is 0 Å². The van der Waals surface area contributed by atoms with Crippen molar-refractivity contribution in [1.29, 1.82) is 0 Å². The van der Waals surface area contributed by atoms with Gasteiger partial charge in [-0.1, -0.05) is 100 Å². The molecule has 2 rings (SSSR count). The highest BCUT2D eigenvalue weighted by Crippen LogP contribution is 2.23. The number of hydrogen-bond donors (Lipinski definition) is 0. The Labute approximate surface area is 202 Å². The molecule has 0 aliphatic carbocycles. The Morgan fingerprint density at radius 1 is 0.719 bits per heavy atom. The van der Waals surface area contributed by atoms with Crippen LogP contribution >= 0.6 is 0 Å². The molecule has 0 bridgehead atoms. The van der Waals surface area contributed by atoms with Crippen LogP contribution < -0.4 is 10.4 Å². The van der Waals surface area contributed by atoms with E-state index in [0.717, 1.165) is 40.4 Å². The summed E-state index contributed by atoms with van der Waals surface area (Å²) in [7, 11) is -5.37. The van der Waals surface area contributed by atoms with Crippen molar-refractivity contribution in [3.8, 4) is 0 Å². The van der Waals surface area contributed by atoms with E-state index in [1.807, 2.05) is 24.3 Å². The summed E-state index contributed by atoms with van der Waals surface area (Å²) in [5.41, 5.74) is 0. The molecule has 0 aliphatic heterocycles. The van der Waals surface area contributed by atoms with E-state index in [-0.39, 0.29) is 0 Å². The van der Waals surface area contributed by atoms with Gasteiger partial charge in [-0.15, -0.1) is 0 Å². The van der Waals surface area contributed by atoms with E-state index in [0.29, 0.717) is 0 Å². The maximum Gasteiger partial charge on any atom is 0.0814 e. The maximum absolute atomic E-state index is 13.4. The summed E-state index contributed by atoms with van der Waals surface area (Å²) >= 11 is 0. The predicted octanol–water partition coefficient (Wildman–Crippen LogP) is 6.50. The molecule has 2 nitrogen and oxygen atoms in total. The average Bonchev–Trinajstić information content (AvgIpc) is 2.74. The molecule has 176 valence electrons. The summed E-state index contributed by atoms with van der Waals surface area (Å²) in [6, 6.07) is 16.4. The zero-order valence-electron chi connectivity index (χ0n) is 20.9. The van der Waals surface area contributed by atoms with Gasteiger partial charge in [0, 0.05) is 20.1 Å². The Balaban J connectivity index is 2.29. The van der Waals surface area contributed by atoms with Gasteiger partial charge in [0.15, 0.2) is 0 Å². The average molecular weight is 505 g/mol. The minimum atomic E-state index is -1.40. The van der Waals surface area contributed by atoms with Crippen LogP contribution in [0.25, 0.3) is 0 Å². The van der Waals surface area contributed by atoms with Crippen molar-refractivity contribution in [2.75, 3.05) is 0 Å². The second-order valence-electron chi connectivity index (χ2n) is 10.5. The Morgan fingerprint density at radius 3 is 1.62 bits per heavy atom. The molecule has 0 saturated carbocycles. The normalized spacial score (nSPS) is 14.9. The summed E-state index contributed by atoms with van der Waals surface area (Å²) in [4.78, 5) is 2.37. The molecular formula is C26H40O2S2Si2. The van der Waals surface area contributed by atoms with Crippen molar-refractivity contribution >= 4 is 48.1 Å². The smallest absolute Gasteiger partial charge is 0.0814 e. The van der Waals surface area contributed by atoms with Gasteiger partial charge in [0.1, 0.15) is 0 Å². The number of rotatable bonds is 11. The summed E-state index contributed by atoms with van der Waals surface area (Å²) in [5, 5.41) is 4.46. The highest BCUT2D eigenvalue weighted by atomic mass is 32.2. The molecule has 2 atom stereocenters. The molecule has 6 heteroatoms. The first-order chi connectivity index (χ1) is 14.9. The summed E-state index contributed by atoms with van der Waals surface area (Å²) in [6.45, 7) is 16.1. The lowest BCUT2D eigenvalue weighted by Gasteiger charge is -2.17. The minimum absolute atomic E-state index is 0.723. The van der Waals surface area contributed by atoms with Crippen LogP contribution in [-0.4, -0.2) is 24.6 Å². The molecular weight excluding hydrogens is 465 g/mol. The van der Waals surface area contributed by atoms with Crippen LogP contribution in [0.4, 0.5) is 0 Å². The zero-order valence-corrected chi connectivity index (χ0v) is 24.5. The fourth-order valence-electron chi connectivity index (χ4n) is 3.43. The number of unbranched alkanes of at least 4 members (excludes halogenated alkanes) is 3. The van der Waals surface area contributed by atoms with E-state index < -0.39 is 37.7 Å². The third kappa shape index (κ3) is 8.05. The van der Waals surface area contributed by atoms with E-state index in [1.165, 1.54) is 16.8 Å². The Hall–Kier alpha value is -1.09.